The average Bonchev–Trinajstić information content (AvgIpc) is 2.86. The van der Waals surface area contributed by atoms with E-state index in [2.05, 4.69) is 33.7 Å². The first kappa shape index (κ1) is 13.6. The van der Waals surface area contributed by atoms with Crippen LogP contribution >= 0.6 is 0 Å². The Kier molecular flexibility index (Phi) is 4.78. The van der Waals surface area contributed by atoms with Crippen LogP contribution in [-0.2, 0) is 6.54 Å². The Morgan fingerprint density at radius 1 is 1.33 bits per heavy atom. The van der Waals surface area contributed by atoms with Crippen LogP contribution in [0.4, 0.5) is 0 Å². The summed E-state index contributed by atoms with van der Waals surface area (Å²) < 4.78 is 2.14. The van der Waals surface area contributed by atoms with E-state index < -0.39 is 0 Å². The predicted octanol–water partition coefficient (Wildman–Crippen LogP) is 1.59. The Balaban J connectivity index is 1.57. The molecule has 1 aromatic rings. The molecule has 0 saturated carbocycles. The van der Waals surface area contributed by atoms with Gasteiger partial charge in [0.1, 0.15) is 0 Å². The van der Waals surface area contributed by atoms with Gasteiger partial charge in [0.2, 0.25) is 0 Å². The fraction of sp³-hybridized carbons (Fsp3) is 0.786. The zero-order chi connectivity index (χ0) is 12.8. The summed E-state index contributed by atoms with van der Waals surface area (Å²) in [6, 6.07) is 0. The van der Waals surface area contributed by atoms with Gasteiger partial charge in [0.15, 0.2) is 0 Å². The number of hydrogen-bond donors (Lipinski definition) is 1. The highest BCUT2D eigenvalue weighted by molar-refractivity contribution is 4.83. The molecule has 1 fully saturated rings. The molecule has 2 rings (SSSR count). The van der Waals surface area contributed by atoms with E-state index in [0.29, 0.717) is 5.41 Å². The van der Waals surface area contributed by atoms with Gasteiger partial charge < -0.3 is 14.8 Å². The van der Waals surface area contributed by atoms with E-state index in [1.807, 2.05) is 18.7 Å². The third kappa shape index (κ3) is 4.10. The lowest BCUT2D eigenvalue weighted by molar-refractivity contribution is 0.137. The van der Waals surface area contributed by atoms with Crippen LogP contribution in [0.25, 0.3) is 0 Å². The molecule has 1 saturated heterocycles. The smallest absolute Gasteiger partial charge is 0.0945 e. The molecule has 0 atom stereocenters. The Morgan fingerprint density at radius 2 is 2.11 bits per heavy atom. The molecule has 1 aliphatic heterocycles. The molecule has 0 aromatic carbocycles. The van der Waals surface area contributed by atoms with Crippen molar-refractivity contribution in [3.8, 4) is 0 Å². The average molecular weight is 250 g/mol. The normalized spacial score (nSPS) is 20.1. The number of aromatic nitrogens is 2. The van der Waals surface area contributed by atoms with Gasteiger partial charge in [-0.3, -0.25) is 0 Å². The lowest BCUT2D eigenvalue weighted by Gasteiger charge is -2.38. The lowest BCUT2D eigenvalue weighted by Crippen LogP contribution is -2.42. The number of hydrogen-bond acceptors (Lipinski definition) is 3. The molecule has 2 heterocycles. The van der Waals surface area contributed by atoms with Crippen molar-refractivity contribution >= 4 is 0 Å². The van der Waals surface area contributed by atoms with E-state index in [1.54, 1.807) is 0 Å². The van der Waals surface area contributed by atoms with Gasteiger partial charge in [0.05, 0.1) is 6.33 Å². The quantitative estimate of drug-likeness (QED) is 0.778. The molecule has 0 amide bonds. The molecule has 0 bridgehead atoms. The second-order valence-electron chi connectivity index (χ2n) is 5.94. The molecule has 4 heteroatoms. The first-order chi connectivity index (χ1) is 8.68. The highest BCUT2D eigenvalue weighted by Gasteiger charge is 2.27. The number of rotatable bonds is 6. The van der Waals surface area contributed by atoms with Crippen molar-refractivity contribution in [1.29, 1.82) is 0 Å². The first-order valence-electron chi connectivity index (χ1n) is 7.03. The van der Waals surface area contributed by atoms with Crippen LogP contribution in [0.3, 0.4) is 0 Å². The van der Waals surface area contributed by atoms with Gasteiger partial charge in [-0.1, -0.05) is 6.92 Å². The van der Waals surface area contributed by atoms with Crippen LogP contribution in [0.2, 0.25) is 0 Å². The fourth-order valence-corrected chi connectivity index (χ4v) is 2.53. The van der Waals surface area contributed by atoms with Crippen LogP contribution in [0.1, 0.15) is 26.2 Å². The highest BCUT2D eigenvalue weighted by Crippen LogP contribution is 2.29. The standard InChI is InChI=1S/C14H26N4/c1-14(4-9-17(2)10-5-14)12-15-6-3-8-18-11-7-16-13-18/h7,11,13,15H,3-6,8-10,12H2,1-2H3. The van der Waals surface area contributed by atoms with Gasteiger partial charge in [-0.25, -0.2) is 4.98 Å². The molecule has 0 unspecified atom stereocenters. The van der Waals surface area contributed by atoms with Gasteiger partial charge in [-0.05, 0) is 51.4 Å². The van der Waals surface area contributed by atoms with E-state index in [9.17, 15) is 0 Å². The molecule has 102 valence electrons. The molecule has 0 radical (unpaired) electrons. The Hall–Kier alpha value is -0.870. The molecule has 1 aromatic heterocycles. The number of aryl methyl sites for hydroxylation is 1. The summed E-state index contributed by atoms with van der Waals surface area (Å²) in [5.74, 6) is 0. The van der Waals surface area contributed by atoms with Crippen LogP contribution in [0, 0.1) is 5.41 Å². The topological polar surface area (TPSA) is 33.1 Å². The van der Waals surface area contributed by atoms with Crippen LogP contribution < -0.4 is 5.32 Å². The summed E-state index contributed by atoms with van der Waals surface area (Å²) in [6.07, 6.45) is 9.56. The number of nitrogens with one attached hydrogen (secondary N) is 1. The van der Waals surface area contributed by atoms with Crippen molar-refractivity contribution < 1.29 is 0 Å². The SMILES string of the molecule is CN1CCC(C)(CNCCCn2ccnc2)CC1. The molecule has 0 aliphatic carbocycles. The number of nitrogens with zero attached hydrogens (tertiary/aromatic N) is 3. The van der Waals surface area contributed by atoms with E-state index in [1.165, 1.54) is 32.4 Å². The van der Waals surface area contributed by atoms with Crippen molar-refractivity contribution in [2.45, 2.75) is 32.7 Å². The highest BCUT2D eigenvalue weighted by atomic mass is 15.1. The maximum absolute atomic E-state index is 4.05. The lowest BCUT2D eigenvalue weighted by atomic mass is 9.80. The molecule has 4 nitrogen and oxygen atoms in total. The maximum Gasteiger partial charge on any atom is 0.0945 e. The van der Waals surface area contributed by atoms with Gasteiger partial charge in [0.25, 0.3) is 0 Å². The zero-order valence-electron chi connectivity index (χ0n) is 11.7. The molecular formula is C14H26N4. The summed E-state index contributed by atoms with van der Waals surface area (Å²) in [7, 11) is 2.22. The van der Waals surface area contributed by atoms with Gasteiger partial charge in [-0.2, -0.15) is 0 Å². The van der Waals surface area contributed by atoms with Crippen LogP contribution in [-0.4, -0.2) is 47.7 Å². The minimum atomic E-state index is 0.502. The molecule has 1 aliphatic rings. The number of imidazole rings is 1. The largest absolute Gasteiger partial charge is 0.337 e. The van der Waals surface area contributed by atoms with Gasteiger partial charge >= 0.3 is 0 Å². The monoisotopic (exact) mass is 250 g/mol. The second-order valence-corrected chi connectivity index (χ2v) is 5.94. The van der Waals surface area contributed by atoms with Gasteiger partial charge in [0, 0.05) is 25.5 Å². The van der Waals surface area contributed by atoms with Crippen molar-refractivity contribution in [3.63, 3.8) is 0 Å². The van der Waals surface area contributed by atoms with E-state index >= 15 is 0 Å². The van der Waals surface area contributed by atoms with Crippen molar-refractivity contribution in [3.05, 3.63) is 18.7 Å². The van der Waals surface area contributed by atoms with Crippen molar-refractivity contribution in [1.82, 2.24) is 19.8 Å². The predicted molar refractivity (Wildman–Crippen MR) is 74.6 cm³/mol. The maximum atomic E-state index is 4.05. The zero-order valence-corrected chi connectivity index (χ0v) is 11.7. The summed E-state index contributed by atoms with van der Waals surface area (Å²) in [4.78, 5) is 6.48. The minimum absolute atomic E-state index is 0.502. The third-order valence-corrected chi connectivity index (χ3v) is 4.07. The number of piperidine rings is 1. The Bertz CT molecular complexity index is 326. The summed E-state index contributed by atoms with van der Waals surface area (Å²) in [6.45, 7) is 8.23. The molecular weight excluding hydrogens is 224 g/mol. The van der Waals surface area contributed by atoms with Crippen LogP contribution in [0.5, 0.6) is 0 Å². The van der Waals surface area contributed by atoms with Gasteiger partial charge in [-0.15, -0.1) is 0 Å². The second kappa shape index (κ2) is 6.34. The third-order valence-electron chi connectivity index (χ3n) is 4.07. The molecule has 0 spiro atoms. The summed E-state index contributed by atoms with van der Waals surface area (Å²) in [5.41, 5.74) is 0.502. The fourth-order valence-electron chi connectivity index (χ4n) is 2.53. The molecule has 1 N–H and O–H groups in total. The van der Waals surface area contributed by atoms with Crippen molar-refractivity contribution in [2.24, 2.45) is 5.41 Å². The van der Waals surface area contributed by atoms with Crippen LogP contribution in [0.15, 0.2) is 18.7 Å². The van der Waals surface area contributed by atoms with E-state index in [-0.39, 0.29) is 0 Å². The minimum Gasteiger partial charge on any atom is -0.337 e. The summed E-state index contributed by atoms with van der Waals surface area (Å²) >= 11 is 0. The summed E-state index contributed by atoms with van der Waals surface area (Å²) in [5, 5.41) is 3.62. The molecule has 18 heavy (non-hydrogen) atoms. The number of likely N-dealkylation sites (tertiary alicyclic amines) is 1. The van der Waals surface area contributed by atoms with E-state index in [0.717, 1.165) is 19.6 Å². The Morgan fingerprint density at radius 3 is 2.78 bits per heavy atom. The van der Waals surface area contributed by atoms with Crippen molar-refractivity contribution in [2.75, 3.05) is 33.2 Å². The first-order valence-corrected chi connectivity index (χ1v) is 7.03. The van der Waals surface area contributed by atoms with E-state index in [4.69, 9.17) is 0 Å². The Labute approximate surface area is 110 Å².